The van der Waals surface area contributed by atoms with Gasteiger partial charge in [0.15, 0.2) is 0 Å². The molecule has 5 nitrogen and oxygen atoms in total. The number of pyridine rings is 1. The molecule has 3 rings (SSSR count). The summed E-state index contributed by atoms with van der Waals surface area (Å²) in [5.41, 5.74) is 2.79. The monoisotopic (exact) mass is 269 g/mol. The maximum Gasteiger partial charge on any atom is 0.113 e. The summed E-state index contributed by atoms with van der Waals surface area (Å²) in [6.45, 7) is 0.488. The molecule has 0 radical (unpaired) electrons. The van der Waals surface area contributed by atoms with Gasteiger partial charge >= 0.3 is 0 Å². The molecule has 19 heavy (non-hydrogen) atoms. The van der Waals surface area contributed by atoms with Gasteiger partial charge in [0.1, 0.15) is 17.2 Å². The molecular formula is C13H11N5S. The second kappa shape index (κ2) is 5.11. The average Bonchev–Trinajstić information content (AvgIpc) is 2.89. The molecule has 6 heteroatoms. The molecule has 1 N–H and O–H groups in total. The van der Waals surface area contributed by atoms with E-state index in [1.807, 2.05) is 36.4 Å². The quantitative estimate of drug-likeness (QED) is 0.734. The van der Waals surface area contributed by atoms with Gasteiger partial charge in [-0.15, -0.1) is 5.10 Å². The van der Waals surface area contributed by atoms with Gasteiger partial charge in [0.2, 0.25) is 0 Å². The highest BCUT2D eigenvalue weighted by molar-refractivity contribution is 7.80. The summed E-state index contributed by atoms with van der Waals surface area (Å²) in [5.74, 6) is 0. The zero-order valence-electron chi connectivity index (χ0n) is 10.0. The Hall–Kier alpha value is -2.34. The second-order valence-corrected chi connectivity index (χ2v) is 4.39. The van der Waals surface area contributed by atoms with Crippen molar-refractivity contribution in [3.05, 3.63) is 54.4 Å². The topological polar surface area (TPSA) is 55.6 Å². The van der Waals surface area contributed by atoms with E-state index < -0.39 is 0 Å². The number of thiocarbonyl (C=S) groups is 1. The van der Waals surface area contributed by atoms with Crippen molar-refractivity contribution in [3.63, 3.8) is 0 Å². The first-order valence-corrected chi connectivity index (χ1v) is 6.22. The zero-order chi connectivity index (χ0) is 13.1. The lowest BCUT2D eigenvalue weighted by Crippen LogP contribution is -2.25. The third-order valence-corrected chi connectivity index (χ3v) is 3.13. The molecule has 0 aliphatic rings. The number of hydrogen-bond donors (Lipinski definition) is 1. The predicted octanol–water partition coefficient (Wildman–Crippen LogP) is 1.75. The summed E-state index contributed by atoms with van der Waals surface area (Å²) < 4.78 is 1.78. The Balaban J connectivity index is 1.75. The molecular weight excluding hydrogens is 258 g/mol. The Kier molecular flexibility index (Phi) is 3.16. The molecule has 0 atom stereocenters. The van der Waals surface area contributed by atoms with Gasteiger partial charge in [-0.1, -0.05) is 29.6 Å². The SMILES string of the molecule is S=C(NCn1nnc2ccccc21)c1ccncc1. The molecule has 2 aromatic heterocycles. The molecule has 0 saturated carbocycles. The average molecular weight is 269 g/mol. The van der Waals surface area contributed by atoms with Crippen molar-refractivity contribution in [2.45, 2.75) is 6.67 Å². The lowest BCUT2D eigenvalue weighted by Gasteiger charge is -2.08. The van der Waals surface area contributed by atoms with Gasteiger partial charge < -0.3 is 5.32 Å². The van der Waals surface area contributed by atoms with Crippen molar-refractivity contribution < 1.29 is 0 Å². The molecule has 0 unspecified atom stereocenters. The third kappa shape index (κ3) is 2.43. The van der Waals surface area contributed by atoms with Gasteiger partial charge in [0.05, 0.1) is 5.52 Å². The molecule has 0 aliphatic heterocycles. The van der Waals surface area contributed by atoms with Gasteiger partial charge in [0.25, 0.3) is 0 Å². The smallest absolute Gasteiger partial charge is 0.113 e. The molecule has 0 fully saturated rings. The second-order valence-electron chi connectivity index (χ2n) is 3.98. The van der Waals surface area contributed by atoms with Crippen LogP contribution in [0.15, 0.2) is 48.8 Å². The number of nitrogens with zero attached hydrogens (tertiary/aromatic N) is 4. The Bertz CT molecular complexity index is 707. The van der Waals surface area contributed by atoms with Gasteiger partial charge in [-0.3, -0.25) is 4.98 Å². The van der Waals surface area contributed by atoms with Crippen LogP contribution in [-0.2, 0) is 6.67 Å². The first-order chi connectivity index (χ1) is 9.34. The van der Waals surface area contributed by atoms with Crippen LogP contribution in [0, 0.1) is 0 Å². The minimum atomic E-state index is 0.488. The Morgan fingerprint density at radius 1 is 1.16 bits per heavy atom. The van der Waals surface area contributed by atoms with Crippen LogP contribution in [0.4, 0.5) is 0 Å². The van der Waals surface area contributed by atoms with Gasteiger partial charge in [-0.25, -0.2) is 4.68 Å². The van der Waals surface area contributed by atoms with E-state index in [2.05, 4.69) is 20.6 Å². The zero-order valence-corrected chi connectivity index (χ0v) is 10.8. The van der Waals surface area contributed by atoms with Crippen molar-refractivity contribution >= 4 is 28.2 Å². The van der Waals surface area contributed by atoms with Crippen LogP contribution in [-0.4, -0.2) is 25.0 Å². The fourth-order valence-corrected chi connectivity index (χ4v) is 1.99. The fraction of sp³-hybridized carbons (Fsp3) is 0.0769. The van der Waals surface area contributed by atoms with Crippen molar-refractivity contribution in [2.24, 2.45) is 0 Å². The van der Waals surface area contributed by atoms with Crippen LogP contribution in [0.3, 0.4) is 0 Å². The number of benzene rings is 1. The standard InChI is InChI=1S/C13H11N5S/c19-13(10-5-7-14-8-6-10)15-9-18-12-4-2-1-3-11(12)16-17-18/h1-8H,9H2,(H,15,19). The Labute approximate surface area is 115 Å². The number of hydrogen-bond acceptors (Lipinski definition) is 4. The van der Waals surface area contributed by atoms with Crippen molar-refractivity contribution in [1.82, 2.24) is 25.3 Å². The van der Waals surface area contributed by atoms with Crippen LogP contribution in [0.25, 0.3) is 11.0 Å². The molecule has 0 saturated heterocycles. The number of para-hydroxylation sites is 1. The van der Waals surface area contributed by atoms with Gasteiger partial charge in [-0.05, 0) is 24.3 Å². The minimum Gasteiger partial charge on any atom is -0.357 e. The lowest BCUT2D eigenvalue weighted by molar-refractivity contribution is 0.587. The molecule has 0 bridgehead atoms. The largest absolute Gasteiger partial charge is 0.357 e. The number of aromatic nitrogens is 4. The van der Waals surface area contributed by atoms with Crippen LogP contribution < -0.4 is 5.32 Å². The van der Waals surface area contributed by atoms with E-state index >= 15 is 0 Å². The molecule has 1 aromatic carbocycles. The minimum absolute atomic E-state index is 0.488. The molecule has 0 amide bonds. The van der Waals surface area contributed by atoms with Crippen LogP contribution in [0.5, 0.6) is 0 Å². The predicted molar refractivity (Wildman–Crippen MR) is 76.6 cm³/mol. The summed E-state index contributed by atoms with van der Waals surface area (Å²) in [5, 5.41) is 11.3. The number of rotatable bonds is 3. The van der Waals surface area contributed by atoms with Crippen LogP contribution in [0.1, 0.15) is 5.56 Å². The highest BCUT2D eigenvalue weighted by atomic mass is 32.1. The van der Waals surface area contributed by atoms with Crippen LogP contribution >= 0.6 is 12.2 Å². The van der Waals surface area contributed by atoms with E-state index in [4.69, 9.17) is 12.2 Å². The summed E-state index contributed by atoms with van der Waals surface area (Å²) in [6.07, 6.45) is 3.43. The van der Waals surface area contributed by atoms with E-state index in [0.717, 1.165) is 16.6 Å². The van der Waals surface area contributed by atoms with Crippen molar-refractivity contribution in [1.29, 1.82) is 0 Å². The Morgan fingerprint density at radius 2 is 1.95 bits per heavy atom. The maximum atomic E-state index is 5.32. The Morgan fingerprint density at radius 3 is 2.79 bits per heavy atom. The number of fused-ring (bicyclic) bond motifs is 1. The van der Waals surface area contributed by atoms with Crippen molar-refractivity contribution in [2.75, 3.05) is 0 Å². The molecule has 94 valence electrons. The van der Waals surface area contributed by atoms with E-state index in [9.17, 15) is 0 Å². The fourth-order valence-electron chi connectivity index (χ4n) is 1.79. The molecule has 0 aliphatic carbocycles. The van der Waals surface area contributed by atoms with Gasteiger partial charge in [-0.2, -0.15) is 0 Å². The first-order valence-electron chi connectivity index (χ1n) is 5.81. The number of nitrogens with one attached hydrogen (secondary N) is 1. The third-order valence-electron chi connectivity index (χ3n) is 2.75. The highest BCUT2D eigenvalue weighted by Gasteiger charge is 2.04. The summed E-state index contributed by atoms with van der Waals surface area (Å²) >= 11 is 5.32. The summed E-state index contributed by atoms with van der Waals surface area (Å²) in [4.78, 5) is 4.63. The highest BCUT2D eigenvalue weighted by Crippen LogP contribution is 2.08. The molecule has 3 aromatic rings. The van der Waals surface area contributed by atoms with Gasteiger partial charge in [0, 0.05) is 18.0 Å². The normalized spacial score (nSPS) is 10.5. The van der Waals surface area contributed by atoms with Crippen LogP contribution in [0.2, 0.25) is 0 Å². The lowest BCUT2D eigenvalue weighted by atomic mass is 10.3. The first kappa shape index (κ1) is 11.7. The summed E-state index contributed by atoms with van der Waals surface area (Å²) in [6, 6.07) is 11.6. The molecule has 2 heterocycles. The van der Waals surface area contributed by atoms with E-state index in [0.29, 0.717) is 11.7 Å². The maximum absolute atomic E-state index is 5.32. The van der Waals surface area contributed by atoms with Crippen molar-refractivity contribution in [3.8, 4) is 0 Å². The van der Waals surface area contributed by atoms with E-state index in [1.165, 1.54) is 0 Å². The molecule has 0 spiro atoms. The van der Waals surface area contributed by atoms with E-state index in [1.54, 1.807) is 17.1 Å². The summed E-state index contributed by atoms with van der Waals surface area (Å²) in [7, 11) is 0. The van der Waals surface area contributed by atoms with E-state index in [-0.39, 0.29) is 0 Å².